The van der Waals surface area contributed by atoms with Crippen molar-refractivity contribution < 1.29 is 14.3 Å². The topological polar surface area (TPSA) is 64.6 Å². The number of benzene rings is 1. The predicted octanol–water partition coefficient (Wildman–Crippen LogP) is 2.89. The molecule has 0 saturated carbocycles. The number of rotatable bonds is 4. The first-order valence-electron chi connectivity index (χ1n) is 8.95. The van der Waals surface area contributed by atoms with Gasteiger partial charge in [-0.3, -0.25) is 14.8 Å². The molecular weight excluding hydrogens is 330 g/mol. The van der Waals surface area contributed by atoms with Crippen molar-refractivity contribution in [2.24, 2.45) is 5.41 Å². The smallest absolute Gasteiger partial charge is 0.231 e. The fourth-order valence-corrected chi connectivity index (χ4v) is 3.72. The Labute approximate surface area is 153 Å². The Morgan fingerprint density at radius 1 is 1.19 bits per heavy atom. The van der Waals surface area contributed by atoms with Crippen LogP contribution in [0.25, 0.3) is 0 Å². The summed E-state index contributed by atoms with van der Waals surface area (Å²) < 4.78 is 10.9. The highest BCUT2D eigenvalue weighted by atomic mass is 16.7. The van der Waals surface area contributed by atoms with Crippen LogP contribution in [0.5, 0.6) is 11.5 Å². The van der Waals surface area contributed by atoms with Crippen LogP contribution in [0.3, 0.4) is 0 Å². The lowest BCUT2D eigenvalue weighted by atomic mass is 9.76. The molecule has 1 aromatic heterocycles. The number of aromatic nitrogens is 2. The van der Waals surface area contributed by atoms with Crippen molar-refractivity contribution in [3.63, 3.8) is 0 Å². The summed E-state index contributed by atoms with van der Waals surface area (Å²) in [6, 6.07) is 6.11. The fraction of sp³-hybridized carbons (Fsp3) is 0.450. The number of fused-ring (bicyclic) bond motifs is 1. The Kier molecular flexibility index (Phi) is 4.26. The maximum Gasteiger partial charge on any atom is 0.231 e. The van der Waals surface area contributed by atoms with Crippen LogP contribution < -0.4 is 9.47 Å². The second kappa shape index (κ2) is 6.59. The molecular formula is C20H23N3O3. The number of nitrogens with zero attached hydrogens (tertiary/aromatic N) is 3. The van der Waals surface area contributed by atoms with Crippen LogP contribution in [0.2, 0.25) is 0 Å². The molecule has 3 heterocycles. The molecule has 2 aliphatic rings. The molecule has 2 aromatic rings. The molecule has 136 valence electrons. The first-order valence-corrected chi connectivity index (χ1v) is 8.95. The quantitative estimate of drug-likeness (QED) is 0.846. The summed E-state index contributed by atoms with van der Waals surface area (Å²) in [5.74, 6) is 1.80. The molecule has 6 nitrogen and oxygen atoms in total. The number of amides is 1. The largest absolute Gasteiger partial charge is 0.454 e. The third-order valence-electron chi connectivity index (χ3n) is 5.12. The SMILES string of the molecule is Cc1cnc(CN2CC(C)(Cc3ccc4c(c3)OCO4)CCC2=O)cn1. The lowest BCUT2D eigenvalue weighted by Gasteiger charge is -2.40. The van der Waals surface area contributed by atoms with Crippen LogP contribution in [0.15, 0.2) is 30.6 Å². The minimum atomic E-state index is 0.0275. The number of aryl methyl sites for hydroxylation is 1. The second-order valence-corrected chi connectivity index (χ2v) is 7.57. The zero-order valence-electron chi connectivity index (χ0n) is 15.2. The molecule has 4 rings (SSSR count). The molecule has 1 atom stereocenters. The third kappa shape index (κ3) is 3.49. The highest BCUT2D eigenvalue weighted by Crippen LogP contribution is 2.38. The number of piperidine rings is 1. The fourth-order valence-electron chi connectivity index (χ4n) is 3.72. The predicted molar refractivity (Wildman–Crippen MR) is 95.8 cm³/mol. The first kappa shape index (κ1) is 16.8. The maximum atomic E-state index is 12.4. The summed E-state index contributed by atoms with van der Waals surface area (Å²) in [4.78, 5) is 23.0. The molecule has 1 fully saturated rings. The van der Waals surface area contributed by atoms with Crippen LogP contribution in [0.1, 0.15) is 36.7 Å². The summed E-state index contributed by atoms with van der Waals surface area (Å²) in [7, 11) is 0. The molecule has 0 spiro atoms. The lowest BCUT2D eigenvalue weighted by molar-refractivity contribution is -0.138. The highest BCUT2D eigenvalue weighted by Gasteiger charge is 2.35. The number of hydrogen-bond acceptors (Lipinski definition) is 5. The summed E-state index contributed by atoms with van der Waals surface area (Å²) in [5.41, 5.74) is 2.95. The average Bonchev–Trinajstić information content (AvgIpc) is 3.08. The van der Waals surface area contributed by atoms with Crippen molar-refractivity contribution in [3.05, 3.63) is 47.5 Å². The van der Waals surface area contributed by atoms with Crippen molar-refractivity contribution >= 4 is 5.91 Å². The van der Waals surface area contributed by atoms with E-state index in [1.54, 1.807) is 12.4 Å². The van der Waals surface area contributed by atoms with Crippen molar-refractivity contribution in [1.29, 1.82) is 0 Å². The van der Waals surface area contributed by atoms with Crippen molar-refractivity contribution in [3.8, 4) is 11.5 Å². The Bertz CT molecular complexity index is 822. The molecule has 1 aromatic carbocycles. The van der Waals surface area contributed by atoms with E-state index in [1.165, 1.54) is 5.56 Å². The number of likely N-dealkylation sites (tertiary alicyclic amines) is 1. The number of ether oxygens (including phenoxy) is 2. The normalized spacial score (nSPS) is 21.9. The summed E-state index contributed by atoms with van der Waals surface area (Å²) in [5, 5.41) is 0. The van der Waals surface area contributed by atoms with E-state index < -0.39 is 0 Å². The monoisotopic (exact) mass is 353 g/mol. The summed E-state index contributed by atoms with van der Waals surface area (Å²) in [6.07, 6.45) is 5.85. The second-order valence-electron chi connectivity index (χ2n) is 7.57. The van der Waals surface area contributed by atoms with Gasteiger partial charge in [0.25, 0.3) is 0 Å². The van der Waals surface area contributed by atoms with E-state index in [4.69, 9.17) is 9.47 Å². The molecule has 0 bridgehead atoms. The third-order valence-corrected chi connectivity index (χ3v) is 5.12. The minimum absolute atomic E-state index is 0.0275. The molecule has 0 aliphatic carbocycles. The molecule has 1 amide bonds. The zero-order valence-corrected chi connectivity index (χ0v) is 15.2. The molecule has 2 aliphatic heterocycles. The first-order chi connectivity index (χ1) is 12.5. The summed E-state index contributed by atoms with van der Waals surface area (Å²) in [6.45, 7) is 5.68. The number of hydrogen-bond donors (Lipinski definition) is 0. The van der Waals surface area contributed by atoms with Gasteiger partial charge >= 0.3 is 0 Å². The van der Waals surface area contributed by atoms with E-state index in [1.807, 2.05) is 17.9 Å². The van der Waals surface area contributed by atoms with E-state index in [9.17, 15) is 4.79 Å². The minimum Gasteiger partial charge on any atom is -0.454 e. The van der Waals surface area contributed by atoms with Crippen molar-refractivity contribution in [2.45, 2.75) is 39.7 Å². The van der Waals surface area contributed by atoms with Gasteiger partial charge in [0.15, 0.2) is 11.5 Å². The van der Waals surface area contributed by atoms with Crippen molar-refractivity contribution in [1.82, 2.24) is 14.9 Å². The molecule has 1 saturated heterocycles. The maximum absolute atomic E-state index is 12.4. The van der Waals surface area contributed by atoms with Gasteiger partial charge < -0.3 is 14.4 Å². The average molecular weight is 353 g/mol. The van der Waals surface area contributed by atoms with Crippen LogP contribution in [-0.2, 0) is 17.8 Å². The van der Waals surface area contributed by atoms with Crippen LogP contribution in [-0.4, -0.2) is 34.1 Å². The Morgan fingerprint density at radius 2 is 2.04 bits per heavy atom. The van der Waals surface area contributed by atoms with Gasteiger partial charge in [-0.05, 0) is 42.9 Å². The Hall–Kier alpha value is -2.63. The number of carbonyl (C=O) groups excluding carboxylic acids is 1. The molecule has 0 N–H and O–H groups in total. The molecule has 6 heteroatoms. The van der Waals surface area contributed by atoms with Gasteiger partial charge in [0.05, 0.1) is 24.1 Å². The van der Waals surface area contributed by atoms with Crippen LogP contribution >= 0.6 is 0 Å². The van der Waals surface area contributed by atoms with Gasteiger partial charge in [-0.2, -0.15) is 0 Å². The molecule has 1 unspecified atom stereocenters. The van der Waals surface area contributed by atoms with E-state index in [0.29, 0.717) is 13.0 Å². The van der Waals surface area contributed by atoms with Gasteiger partial charge in [0.1, 0.15) is 0 Å². The Balaban J connectivity index is 1.47. The molecule has 26 heavy (non-hydrogen) atoms. The molecule has 0 radical (unpaired) electrons. The van der Waals surface area contributed by atoms with Gasteiger partial charge in [-0.15, -0.1) is 0 Å². The van der Waals surface area contributed by atoms with Gasteiger partial charge in [-0.1, -0.05) is 13.0 Å². The zero-order chi connectivity index (χ0) is 18.1. The van der Waals surface area contributed by atoms with E-state index >= 15 is 0 Å². The standard InChI is InChI=1S/C20H23N3O3/c1-14-9-22-16(10-21-14)11-23-12-20(2,6-5-19(23)24)8-15-3-4-17-18(7-15)26-13-25-17/h3-4,7,9-10H,5-6,8,11-13H2,1-2H3. The van der Waals surface area contributed by atoms with Gasteiger partial charge in [0.2, 0.25) is 12.7 Å². The van der Waals surface area contributed by atoms with E-state index in [0.717, 1.165) is 42.3 Å². The van der Waals surface area contributed by atoms with E-state index in [2.05, 4.69) is 29.0 Å². The van der Waals surface area contributed by atoms with Crippen LogP contribution in [0.4, 0.5) is 0 Å². The van der Waals surface area contributed by atoms with Gasteiger partial charge in [0, 0.05) is 19.2 Å². The number of carbonyl (C=O) groups is 1. The highest BCUT2D eigenvalue weighted by molar-refractivity contribution is 5.77. The van der Waals surface area contributed by atoms with E-state index in [-0.39, 0.29) is 18.1 Å². The van der Waals surface area contributed by atoms with Gasteiger partial charge in [-0.25, -0.2) is 0 Å². The summed E-state index contributed by atoms with van der Waals surface area (Å²) >= 11 is 0. The van der Waals surface area contributed by atoms with Crippen LogP contribution in [0, 0.1) is 12.3 Å². The lowest BCUT2D eigenvalue weighted by Crippen LogP contribution is -2.45. The van der Waals surface area contributed by atoms with Crippen molar-refractivity contribution in [2.75, 3.05) is 13.3 Å². The Morgan fingerprint density at radius 3 is 2.85 bits per heavy atom.